The number of H-pyrrole nitrogens is 1. The third-order valence-electron chi connectivity index (χ3n) is 3.92. The number of ether oxygens (including phenoxy) is 1. The molecule has 0 spiro atoms. The summed E-state index contributed by atoms with van der Waals surface area (Å²) in [5, 5.41) is 19.9. The number of aromatic nitrogens is 2. The van der Waals surface area contributed by atoms with Crippen LogP contribution in [0.2, 0.25) is 0 Å². The maximum absolute atomic E-state index is 10.3. The van der Waals surface area contributed by atoms with E-state index in [0.717, 1.165) is 16.6 Å². The second-order valence-electron chi connectivity index (χ2n) is 5.72. The predicted octanol–water partition coefficient (Wildman–Crippen LogP) is 4.46. The highest BCUT2D eigenvalue weighted by Crippen LogP contribution is 2.33. The summed E-state index contributed by atoms with van der Waals surface area (Å²) in [7, 11) is 0. The molecule has 0 fully saturated rings. The molecule has 0 bridgehead atoms. The minimum Gasteiger partial charge on any atom is -0.504 e. The fourth-order valence-corrected chi connectivity index (χ4v) is 2.75. The third kappa shape index (κ3) is 3.45. The molecule has 0 aliphatic heterocycles. The van der Waals surface area contributed by atoms with E-state index in [2.05, 4.69) is 22.6 Å². The van der Waals surface area contributed by atoms with Crippen molar-refractivity contribution in [3.63, 3.8) is 0 Å². The number of fused-ring (bicyclic) bond motifs is 1. The van der Waals surface area contributed by atoms with Gasteiger partial charge in [-0.05, 0) is 49.2 Å². The van der Waals surface area contributed by atoms with Crippen LogP contribution in [-0.4, -0.2) is 21.7 Å². The monoisotopic (exact) mass is 345 g/mol. The summed E-state index contributed by atoms with van der Waals surface area (Å²) in [6.07, 6.45) is 3.94. The van der Waals surface area contributed by atoms with Gasteiger partial charge in [0.2, 0.25) is 0 Å². The molecule has 5 heteroatoms. The number of imidazole rings is 1. The number of phenolic OH excluding ortho intramolecular Hbond substituents is 1. The molecule has 0 atom stereocenters. The lowest BCUT2D eigenvalue weighted by atomic mass is 10.0. The van der Waals surface area contributed by atoms with E-state index in [1.165, 1.54) is 0 Å². The Morgan fingerprint density at radius 1 is 1.38 bits per heavy atom. The van der Waals surface area contributed by atoms with E-state index in [4.69, 9.17) is 4.74 Å². The molecule has 0 amide bonds. The van der Waals surface area contributed by atoms with E-state index in [1.807, 2.05) is 37.3 Å². The lowest BCUT2D eigenvalue weighted by Gasteiger charge is -2.11. The highest BCUT2D eigenvalue weighted by atomic mass is 16.5. The topological polar surface area (TPSA) is 81.9 Å². The van der Waals surface area contributed by atoms with Crippen LogP contribution in [0.1, 0.15) is 23.9 Å². The normalized spacial score (nSPS) is 11.3. The Bertz CT molecular complexity index is 992. The predicted molar refractivity (Wildman–Crippen MR) is 103 cm³/mol. The first-order valence-corrected chi connectivity index (χ1v) is 8.32. The van der Waals surface area contributed by atoms with Gasteiger partial charge in [0, 0.05) is 5.56 Å². The fraction of sp³-hybridized carbons (Fsp3) is 0.143. The highest BCUT2D eigenvalue weighted by molar-refractivity contribution is 5.90. The molecule has 0 radical (unpaired) electrons. The van der Waals surface area contributed by atoms with Crippen molar-refractivity contribution in [1.82, 2.24) is 9.97 Å². The van der Waals surface area contributed by atoms with E-state index in [0.29, 0.717) is 35.7 Å². The average Bonchev–Trinajstić information content (AvgIpc) is 3.07. The Hall–Kier alpha value is -3.52. The molecule has 26 heavy (non-hydrogen) atoms. The van der Waals surface area contributed by atoms with Crippen LogP contribution in [0.5, 0.6) is 11.5 Å². The number of hydrogen-bond acceptors (Lipinski definition) is 4. The molecule has 3 rings (SSSR count). The van der Waals surface area contributed by atoms with Crippen molar-refractivity contribution in [2.24, 2.45) is 0 Å². The summed E-state index contributed by atoms with van der Waals surface area (Å²) in [6.45, 7) is 6.00. The Balaban J connectivity index is 2.08. The number of rotatable bonds is 6. The van der Waals surface area contributed by atoms with Crippen LogP contribution in [0.25, 0.3) is 22.7 Å². The quantitative estimate of drug-likeness (QED) is 0.510. The average molecular weight is 345 g/mol. The van der Waals surface area contributed by atoms with Crippen molar-refractivity contribution in [3.05, 3.63) is 66.0 Å². The summed E-state index contributed by atoms with van der Waals surface area (Å²) < 4.78 is 5.51. The summed E-state index contributed by atoms with van der Waals surface area (Å²) in [5.41, 5.74) is 3.52. The molecule has 5 nitrogen and oxygen atoms in total. The first-order valence-electron chi connectivity index (χ1n) is 8.32. The van der Waals surface area contributed by atoms with Crippen LogP contribution in [0.15, 0.2) is 49.1 Å². The largest absolute Gasteiger partial charge is 0.504 e. The molecular formula is C21H19N3O2. The number of hydrogen-bond donors (Lipinski definition) is 2. The molecule has 0 aliphatic rings. The maximum Gasteiger partial charge on any atom is 0.161 e. The SMILES string of the molecule is C=CCc1cc(C=C(C#N)c2nc3ccccc3[nH]2)cc(OCC)c1O. The van der Waals surface area contributed by atoms with Crippen LogP contribution < -0.4 is 4.74 Å². The number of phenols is 1. The Labute approximate surface area is 151 Å². The zero-order valence-corrected chi connectivity index (χ0v) is 14.5. The standard InChI is InChI=1S/C21H19N3O2/c1-3-7-15-10-14(12-19(20(15)25)26-4-2)11-16(13-22)21-23-17-8-5-6-9-18(17)24-21/h3,5-6,8-12,25H,1,4,7H2,2H3,(H,23,24). The maximum atomic E-state index is 10.3. The molecular weight excluding hydrogens is 326 g/mol. The third-order valence-corrected chi connectivity index (χ3v) is 3.92. The number of aromatic amines is 1. The van der Waals surface area contributed by atoms with Crippen LogP contribution in [0.3, 0.4) is 0 Å². The van der Waals surface area contributed by atoms with E-state index in [1.54, 1.807) is 18.2 Å². The summed E-state index contributed by atoms with van der Waals surface area (Å²) >= 11 is 0. The molecule has 3 aromatic rings. The summed E-state index contributed by atoms with van der Waals surface area (Å²) in [5.74, 6) is 0.996. The number of benzene rings is 2. The van der Waals surface area contributed by atoms with Crippen molar-refractivity contribution in [1.29, 1.82) is 5.26 Å². The van der Waals surface area contributed by atoms with Crippen LogP contribution in [0, 0.1) is 11.3 Å². The van der Waals surface area contributed by atoms with E-state index in [-0.39, 0.29) is 5.75 Å². The minimum atomic E-state index is 0.103. The zero-order chi connectivity index (χ0) is 18.5. The second kappa shape index (κ2) is 7.58. The van der Waals surface area contributed by atoms with Crippen molar-refractivity contribution in [3.8, 4) is 17.6 Å². The molecule has 0 saturated carbocycles. The van der Waals surface area contributed by atoms with Gasteiger partial charge in [0.05, 0.1) is 23.2 Å². The molecule has 0 unspecified atom stereocenters. The van der Waals surface area contributed by atoms with Gasteiger partial charge in [0.15, 0.2) is 11.5 Å². The lowest BCUT2D eigenvalue weighted by Crippen LogP contribution is -1.95. The number of nitrogens with one attached hydrogen (secondary N) is 1. The summed E-state index contributed by atoms with van der Waals surface area (Å²) in [4.78, 5) is 7.63. The first kappa shape index (κ1) is 17.3. The zero-order valence-electron chi connectivity index (χ0n) is 14.5. The van der Waals surface area contributed by atoms with Gasteiger partial charge in [0.25, 0.3) is 0 Å². The molecule has 0 saturated heterocycles. The second-order valence-corrected chi connectivity index (χ2v) is 5.72. The molecule has 1 heterocycles. The van der Waals surface area contributed by atoms with Crippen molar-refractivity contribution < 1.29 is 9.84 Å². The number of nitriles is 1. The van der Waals surface area contributed by atoms with E-state index in [9.17, 15) is 10.4 Å². The van der Waals surface area contributed by atoms with Gasteiger partial charge in [-0.25, -0.2) is 4.98 Å². The number of allylic oxidation sites excluding steroid dienone is 2. The minimum absolute atomic E-state index is 0.103. The molecule has 2 aromatic carbocycles. The Morgan fingerprint density at radius 3 is 2.88 bits per heavy atom. The van der Waals surface area contributed by atoms with Gasteiger partial charge < -0.3 is 14.8 Å². The smallest absolute Gasteiger partial charge is 0.161 e. The van der Waals surface area contributed by atoms with Crippen molar-refractivity contribution >= 4 is 22.7 Å². The van der Waals surface area contributed by atoms with Gasteiger partial charge in [-0.15, -0.1) is 6.58 Å². The number of aromatic hydroxyl groups is 1. The highest BCUT2D eigenvalue weighted by Gasteiger charge is 2.12. The van der Waals surface area contributed by atoms with Gasteiger partial charge in [-0.2, -0.15) is 5.26 Å². The van der Waals surface area contributed by atoms with Crippen molar-refractivity contribution in [2.75, 3.05) is 6.61 Å². The fourth-order valence-electron chi connectivity index (χ4n) is 2.75. The van der Waals surface area contributed by atoms with Crippen LogP contribution in [-0.2, 0) is 6.42 Å². The number of nitrogens with zero attached hydrogens (tertiary/aromatic N) is 2. The molecule has 0 aliphatic carbocycles. The van der Waals surface area contributed by atoms with Gasteiger partial charge >= 0.3 is 0 Å². The Morgan fingerprint density at radius 2 is 2.19 bits per heavy atom. The Kier molecular flexibility index (Phi) is 5.04. The van der Waals surface area contributed by atoms with E-state index < -0.39 is 0 Å². The molecule has 1 aromatic heterocycles. The van der Waals surface area contributed by atoms with Gasteiger partial charge in [0.1, 0.15) is 11.9 Å². The van der Waals surface area contributed by atoms with Crippen LogP contribution in [0.4, 0.5) is 0 Å². The lowest BCUT2D eigenvalue weighted by molar-refractivity contribution is 0.317. The van der Waals surface area contributed by atoms with Crippen LogP contribution >= 0.6 is 0 Å². The number of para-hydroxylation sites is 2. The van der Waals surface area contributed by atoms with Crippen molar-refractivity contribution in [2.45, 2.75) is 13.3 Å². The molecule has 130 valence electrons. The summed E-state index contributed by atoms with van der Waals surface area (Å²) in [6, 6.07) is 13.3. The first-order chi connectivity index (χ1) is 12.7. The van der Waals surface area contributed by atoms with Gasteiger partial charge in [-0.3, -0.25) is 0 Å². The van der Waals surface area contributed by atoms with E-state index >= 15 is 0 Å². The van der Waals surface area contributed by atoms with Gasteiger partial charge in [-0.1, -0.05) is 18.2 Å². The molecule has 2 N–H and O–H groups in total.